The summed E-state index contributed by atoms with van der Waals surface area (Å²) in [5.41, 5.74) is -0.987. The molecule has 1 atom stereocenters. The lowest BCUT2D eigenvalue weighted by molar-refractivity contribution is -0.154. The minimum Gasteiger partial charge on any atom is -0.340 e. The molecular weight excluding hydrogens is 284 g/mol. The van der Waals surface area contributed by atoms with Crippen LogP contribution >= 0.6 is 11.3 Å². The van der Waals surface area contributed by atoms with Gasteiger partial charge in [-0.15, -0.1) is 11.3 Å². The summed E-state index contributed by atoms with van der Waals surface area (Å²) in [5.74, 6) is -0.0531. The van der Waals surface area contributed by atoms with E-state index in [0.29, 0.717) is 13.0 Å². The molecule has 1 aliphatic heterocycles. The van der Waals surface area contributed by atoms with E-state index >= 15 is 0 Å². The Balaban J connectivity index is 2.30. The van der Waals surface area contributed by atoms with Crippen LogP contribution in [0.1, 0.15) is 45.9 Å². The Kier molecular flexibility index (Phi) is 4.15. The van der Waals surface area contributed by atoms with Crippen molar-refractivity contribution in [2.75, 3.05) is 6.54 Å². The molecule has 2 rings (SSSR count). The minimum absolute atomic E-state index is 0.00131. The molecule has 0 radical (unpaired) electrons. The van der Waals surface area contributed by atoms with E-state index in [0.717, 1.165) is 0 Å². The topological polar surface area (TPSA) is 49.4 Å². The SMILES string of the molecule is CCC1C(=O)NC(C)(C)C(=O)N1CC(C)(C)c1cccs1. The van der Waals surface area contributed by atoms with Gasteiger partial charge in [0.2, 0.25) is 11.8 Å². The average molecular weight is 308 g/mol. The van der Waals surface area contributed by atoms with Crippen molar-refractivity contribution in [2.24, 2.45) is 0 Å². The first-order chi connectivity index (χ1) is 9.69. The van der Waals surface area contributed by atoms with E-state index in [2.05, 4.69) is 25.2 Å². The summed E-state index contributed by atoms with van der Waals surface area (Å²) in [6.07, 6.45) is 0.633. The normalized spacial score (nSPS) is 22.3. The lowest BCUT2D eigenvalue weighted by atomic mass is 9.87. The number of hydrogen-bond acceptors (Lipinski definition) is 3. The second-order valence-corrected chi connectivity index (χ2v) is 7.78. The third-order valence-electron chi connectivity index (χ3n) is 4.05. The van der Waals surface area contributed by atoms with Crippen molar-refractivity contribution in [3.8, 4) is 0 Å². The van der Waals surface area contributed by atoms with E-state index in [1.165, 1.54) is 4.88 Å². The summed E-state index contributed by atoms with van der Waals surface area (Å²) in [7, 11) is 0. The second kappa shape index (κ2) is 5.44. The molecule has 0 spiro atoms. The van der Waals surface area contributed by atoms with Crippen LogP contribution < -0.4 is 5.32 Å². The highest BCUT2D eigenvalue weighted by atomic mass is 32.1. The number of carbonyl (C=O) groups excluding carboxylic acids is 2. The van der Waals surface area contributed by atoms with Gasteiger partial charge in [0.1, 0.15) is 11.6 Å². The van der Waals surface area contributed by atoms with Crippen molar-refractivity contribution in [1.82, 2.24) is 10.2 Å². The van der Waals surface area contributed by atoms with Gasteiger partial charge in [-0.3, -0.25) is 9.59 Å². The Hall–Kier alpha value is -1.36. The van der Waals surface area contributed by atoms with Gasteiger partial charge in [-0.05, 0) is 31.7 Å². The molecule has 1 aromatic rings. The fourth-order valence-corrected chi connectivity index (χ4v) is 3.69. The largest absolute Gasteiger partial charge is 0.340 e. The number of amides is 2. The van der Waals surface area contributed by atoms with Crippen LogP contribution in [-0.2, 0) is 15.0 Å². The number of thiophene rings is 1. The van der Waals surface area contributed by atoms with Gasteiger partial charge < -0.3 is 10.2 Å². The molecule has 0 aromatic carbocycles. The maximum atomic E-state index is 12.7. The Labute approximate surface area is 130 Å². The van der Waals surface area contributed by atoms with Gasteiger partial charge in [-0.25, -0.2) is 0 Å². The van der Waals surface area contributed by atoms with Crippen LogP contribution in [-0.4, -0.2) is 34.8 Å². The van der Waals surface area contributed by atoms with Gasteiger partial charge in [0.15, 0.2) is 0 Å². The predicted molar refractivity (Wildman–Crippen MR) is 85.4 cm³/mol. The number of piperazine rings is 1. The number of nitrogens with one attached hydrogen (secondary N) is 1. The highest BCUT2D eigenvalue weighted by molar-refractivity contribution is 7.10. The third kappa shape index (κ3) is 2.98. The summed E-state index contributed by atoms with van der Waals surface area (Å²) < 4.78 is 0. The molecule has 4 nitrogen and oxygen atoms in total. The summed E-state index contributed by atoms with van der Waals surface area (Å²) in [6.45, 7) is 10.3. The zero-order chi connectivity index (χ0) is 15.8. The molecule has 0 bridgehead atoms. The quantitative estimate of drug-likeness (QED) is 0.929. The van der Waals surface area contributed by atoms with Crippen LogP contribution in [0.4, 0.5) is 0 Å². The van der Waals surface area contributed by atoms with Crippen molar-refractivity contribution in [1.29, 1.82) is 0 Å². The molecule has 5 heteroatoms. The van der Waals surface area contributed by atoms with Crippen LogP contribution in [0.5, 0.6) is 0 Å². The van der Waals surface area contributed by atoms with Gasteiger partial charge in [0, 0.05) is 16.8 Å². The van der Waals surface area contributed by atoms with Gasteiger partial charge >= 0.3 is 0 Å². The smallest absolute Gasteiger partial charge is 0.248 e. The molecule has 0 saturated carbocycles. The van der Waals surface area contributed by atoms with Crippen LogP contribution in [0.15, 0.2) is 17.5 Å². The van der Waals surface area contributed by atoms with Crippen molar-refractivity contribution >= 4 is 23.2 Å². The molecule has 1 aliphatic rings. The predicted octanol–water partition coefficient (Wildman–Crippen LogP) is 2.54. The Bertz CT molecular complexity index is 534. The zero-order valence-electron chi connectivity index (χ0n) is 13.4. The summed E-state index contributed by atoms with van der Waals surface area (Å²) in [6, 6.07) is 3.74. The maximum Gasteiger partial charge on any atom is 0.248 e. The van der Waals surface area contributed by atoms with Crippen LogP contribution in [0, 0.1) is 0 Å². The molecule has 1 unspecified atom stereocenters. The molecule has 1 N–H and O–H groups in total. The van der Waals surface area contributed by atoms with Gasteiger partial charge in [0.05, 0.1) is 0 Å². The molecule has 116 valence electrons. The summed E-state index contributed by atoms with van der Waals surface area (Å²) in [4.78, 5) is 28.0. The average Bonchev–Trinajstić information content (AvgIpc) is 2.90. The Morgan fingerprint density at radius 3 is 2.57 bits per heavy atom. The number of carbonyl (C=O) groups is 2. The fraction of sp³-hybridized carbons (Fsp3) is 0.625. The van der Waals surface area contributed by atoms with Gasteiger partial charge in [-0.2, -0.15) is 0 Å². The lowest BCUT2D eigenvalue weighted by Crippen LogP contribution is -2.69. The molecule has 2 amide bonds. The lowest BCUT2D eigenvalue weighted by Gasteiger charge is -2.45. The van der Waals surface area contributed by atoms with Gasteiger partial charge in [0.25, 0.3) is 0 Å². The van der Waals surface area contributed by atoms with Crippen molar-refractivity contribution in [3.05, 3.63) is 22.4 Å². The summed E-state index contributed by atoms with van der Waals surface area (Å²) in [5, 5.41) is 4.87. The van der Waals surface area contributed by atoms with Crippen LogP contribution in [0.2, 0.25) is 0 Å². The highest BCUT2D eigenvalue weighted by Gasteiger charge is 2.46. The van der Waals surface area contributed by atoms with E-state index < -0.39 is 5.54 Å². The fourth-order valence-electron chi connectivity index (χ4n) is 2.84. The van der Waals surface area contributed by atoms with E-state index in [1.54, 1.807) is 30.1 Å². The first kappa shape index (κ1) is 16.0. The van der Waals surface area contributed by atoms with Crippen LogP contribution in [0.3, 0.4) is 0 Å². The van der Waals surface area contributed by atoms with E-state index in [1.807, 2.05) is 18.4 Å². The minimum atomic E-state index is -0.825. The summed E-state index contributed by atoms with van der Waals surface area (Å²) >= 11 is 1.69. The first-order valence-corrected chi connectivity index (χ1v) is 8.24. The van der Waals surface area contributed by atoms with Crippen molar-refractivity contribution < 1.29 is 9.59 Å². The van der Waals surface area contributed by atoms with Gasteiger partial charge in [-0.1, -0.05) is 26.8 Å². The Morgan fingerprint density at radius 1 is 1.38 bits per heavy atom. The number of hydrogen-bond donors (Lipinski definition) is 1. The zero-order valence-corrected chi connectivity index (χ0v) is 14.2. The standard InChI is InChI=1S/C16H24N2O2S/c1-6-11-13(19)17-16(4,5)14(20)18(11)10-15(2,3)12-8-7-9-21-12/h7-9,11H,6,10H2,1-5H3,(H,17,19). The molecule has 21 heavy (non-hydrogen) atoms. The Morgan fingerprint density at radius 2 is 2.05 bits per heavy atom. The van der Waals surface area contributed by atoms with Crippen LogP contribution in [0.25, 0.3) is 0 Å². The van der Waals surface area contributed by atoms with Crippen molar-refractivity contribution in [3.63, 3.8) is 0 Å². The third-order valence-corrected chi connectivity index (χ3v) is 5.29. The maximum absolute atomic E-state index is 12.7. The number of rotatable bonds is 4. The van der Waals surface area contributed by atoms with E-state index in [-0.39, 0.29) is 23.3 Å². The molecule has 2 heterocycles. The second-order valence-electron chi connectivity index (χ2n) is 6.83. The van der Waals surface area contributed by atoms with E-state index in [4.69, 9.17) is 0 Å². The molecule has 0 aliphatic carbocycles. The highest BCUT2D eigenvalue weighted by Crippen LogP contribution is 2.31. The van der Waals surface area contributed by atoms with E-state index in [9.17, 15) is 9.59 Å². The molecular formula is C16H24N2O2S. The first-order valence-electron chi connectivity index (χ1n) is 7.36. The van der Waals surface area contributed by atoms with Crippen molar-refractivity contribution in [2.45, 2.75) is 58.0 Å². The monoisotopic (exact) mass is 308 g/mol. The number of nitrogens with zero attached hydrogens (tertiary/aromatic N) is 1. The molecule has 1 saturated heterocycles. The molecule has 1 aromatic heterocycles. The molecule has 1 fully saturated rings.